The van der Waals surface area contributed by atoms with Crippen LogP contribution in [0.3, 0.4) is 0 Å². The highest BCUT2D eigenvalue weighted by Crippen LogP contribution is 2.21. The molecule has 3 N–H and O–H groups in total. The van der Waals surface area contributed by atoms with Crippen LogP contribution in [0, 0.1) is 0 Å². The minimum absolute atomic E-state index is 0.104. The molecule has 0 spiro atoms. The van der Waals surface area contributed by atoms with E-state index in [1.54, 1.807) is 0 Å². The van der Waals surface area contributed by atoms with Crippen molar-refractivity contribution in [1.29, 1.82) is 0 Å². The first-order chi connectivity index (χ1) is 9.71. The topological polar surface area (TPSA) is 123 Å². The third kappa shape index (κ3) is 3.08. The summed E-state index contributed by atoms with van der Waals surface area (Å²) >= 11 is 0. The van der Waals surface area contributed by atoms with E-state index in [1.165, 1.54) is 28.8 Å². The highest BCUT2D eigenvalue weighted by Gasteiger charge is 2.33. The van der Waals surface area contributed by atoms with Gasteiger partial charge < -0.3 is 14.6 Å². The highest BCUT2D eigenvalue weighted by atomic mass is 32.2. The minimum Gasteiger partial charge on any atom is -0.480 e. The zero-order valence-corrected chi connectivity index (χ0v) is 12.3. The molecular weight excluding hydrogens is 298 g/mol. The number of piperidine rings is 1. The Hall–Kier alpha value is -1.87. The van der Waals surface area contributed by atoms with E-state index < -0.39 is 27.9 Å². The summed E-state index contributed by atoms with van der Waals surface area (Å²) in [5, 5.41) is 14.2. The number of amides is 1. The first kappa shape index (κ1) is 15.5. The Morgan fingerprint density at radius 2 is 2.05 bits per heavy atom. The molecular formula is C12H17N3O5S. The van der Waals surface area contributed by atoms with E-state index in [0.29, 0.717) is 13.0 Å². The van der Waals surface area contributed by atoms with Crippen molar-refractivity contribution in [2.75, 3.05) is 6.54 Å². The van der Waals surface area contributed by atoms with Crippen LogP contribution in [0.25, 0.3) is 0 Å². The molecule has 1 aliphatic rings. The molecule has 2 heterocycles. The molecule has 0 aromatic carbocycles. The number of primary sulfonamides is 1. The summed E-state index contributed by atoms with van der Waals surface area (Å²) in [7, 11) is -2.39. The van der Waals surface area contributed by atoms with Crippen molar-refractivity contribution >= 4 is 21.9 Å². The lowest BCUT2D eigenvalue weighted by molar-refractivity contribution is -0.143. The molecule has 0 saturated carbocycles. The van der Waals surface area contributed by atoms with Crippen molar-refractivity contribution < 1.29 is 23.1 Å². The second-order valence-electron chi connectivity index (χ2n) is 5.07. The summed E-state index contributed by atoms with van der Waals surface area (Å²) in [5.74, 6) is -1.55. The quantitative estimate of drug-likeness (QED) is 0.796. The minimum atomic E-state index is -3.91. The van der Waals surface area contributed by atoms with Gasteiger partial charge in [0.1, 0.15) is 16.6 Å². The molecule has 1 aliphatic heterocycles. The molecule has 1 amide bonds. The van der Waals surface area contributed by atoms with Crippen LogP contribution in [-0.2, 0) is 21.9 Å². The SMILES string of the molecule is Cn1cc(S(N)(=O)=O)cc1C(=O)N1CCCC[C@@H]1C(=O)O. The molecule has 8 nitrogen and oxygen atoms in total. The molecule has 116 valence electrons. The third-order valence-corrected chi connectivity index (χ3v) is 4.46. The number of aliphatic carboxylic acids is 1. The smallest absolute Gasteiger partial charge is 0.326 e. The fraction of sp³-hybridized carbons (Fsp3) is 0.500. The van der Waals surface area contributed by atoms with E-state index in [0.717, 1.165) is 12.8 Å². The zero-order chi connectivity index (χ0) is 15.8. The second kappa shape index (κ2) is 5.49. The number of likely N-dealkylation sites (tertiary alicyclic amines) is 1. The molecule has 0 radical (unpaired) electrons. The van der Waals surface area contributed by atoms with Crippen molar-refractivity contribution in [1.82, 2.24) is 9.47 Å². The van der Waals surface area contributed by atoms with Gasteiger partial charge in [-0.3, -0.25) is 4.79 Å². The van der Waals surface area contributed by atoms with Gasteiger partial charge in [0.25, 0.3) is 5.91 Å². The van der Waals surface area contributed by atoms with Crippen LogP contribution in [-0.4, -0.2) is 47.5 Å². The van der Waals surface area contributed by atoms with E-state index in [4.69, 9.17) is 5.14 Å². The van der Waals surface area contributed by atoms with E-state index >= 15 is 0 Å². The van der Waals surface area contributed by atoms with Crippen molar-refractivity contribution in [3.8, 4) is 0 Å². The lowest BCUT2D eigenvalue weighted by Gasteiger charge is -2.32. The molecule has 9 heteroatoms. The molecule has 1 aromatic heterocycles. The fourth-order valence-electron chi connectivity index (χ4n) is 2.48. The average Bonchev–Trinajstić information content (AvgIpc) is 2.80. The first-order valence-corrected chi connectivity index (χ1v) is 7.99. The highest BCUT2D eigenvalue weighted by molar-refractivity contribution is 7.89. The van der Waals surface area contributed by atoms with Gasteiger partial charge in [-0.2, -0.15) is 0 Å². The molecule has 1 aromatic rings. The number of carboxylic acids is 1. The van der Waals surface area contributed by atoms with Gasteiger partial charge in [0.05, 0.1) is 0 Å². The molecule has 0 bridgehead atoms. The monoisotopic (exact) mass is 315 g/mol. The van der Waals surface area contributed by atoms with Gasteiger partial charge in [-0.15, -0.1) is 0 Å². The van der Waals surface area contributed by atoms with E-state index in [1.807, 2.05) is 0 Å². The number of hydrogen-bond donors (Lipinski definition) is 2. The van der Waals surface area contributed by atoms with E-state index in [9.17, 15) is 23.1 Å². The maximum Gasteiger partial charge on any atom is 0.326 e. The summed E-state index contributed by atoms with van der Waals surface area (Å²) in [5.41, 5.74) is 0.104. The number of aromatic nitrogens is 1. The molecule has 21 heavy (non-hydrogen) atoms. The van der Waals surface area contributed by atoms with Crippen LogP contribution in [0.4, 0.5) is 0 Å². The van der Waals surface area contributed by atoms with Gasteiger partial charge in [-0.25, -0.2) is 18.4 Å². The maximum atomic E-state index is 12.5. The summed E-state index contributed by atoms with van der Waals surface area (Å²) in [6.45, 7) is 0.339. The summed E-state index contributed by atoms with van der Waals surface area (Å²) in [6, 6.07) is 0.296. The van der Waals surface area contributed by atoms with Crippen molar-refractivity contribution in [3.05, 3.63) is 18.0 Å². The lowest BCUT2D eigenvalue weighted by Crippen LogP contribution is -2.48. The predicted octanol–water partition coefficient (Wildman–Crippen LogP) is -0.248. The average molecular weight is 315 g/mol. The van der Waals surface area contributed by atoms with Gasteiger partial charge in [0.2, 0.25) is 10.0 Å². The van der Waals surface area contributed by atoms with Gasteiger partial charge in [0.15, 0.2) is 0 Å². The molecule has 0 aliphatic carbocycles. The number of carbonyl (C=O) groups excluding carboxylic acids is 1. The second-order valence-corrected chi connectivity index (χ2v) is 6.63. The summed E-state index contributed by atoms with van der Waals surface area (Å²) < 4.78 is 24.0. The number of aryl methyl sites for hydroxylation is 1. The Kier molecular flexibility index (Phi) is 4.06. The number of nitrogens with two attached hydrogens (primary N) is 1. The molecule has 1 saturated heterocycles. The predicted molar refractivity (Wildman–Crippen MR) is 73.1 cm³/mol. The zero-order valence-electron chi connectivity index (χ0n) is 11.5. The van der Waals surface area contributed by atoms with Gasteiger partial charge >= 0.3 is 5.97 Å². The Labute approximate surface area is 122 Å². The third-order valence-electron chi connectivity index (χ3n) is 3.58. The van der Waals surface area contributed by atoms with Crippen molar-refractivity contribution in [2.45, 2.75) is 30.2 Å². The fourth-order valence-corrected chi connectivity index (χ4v) is 3.06. The van der Waals surface area contributed by atoms with E-state index in [2.05, 4.69) is 0 Å². The number of carbonyl (C=O) groups is 2. The van der Waals surface area contributed by atoms with Crippen LogP contribution in [0.1, 0.15) is 29.8 Å². The lowest BCUT2D eigenvalue weighted by atomic mass is 10.0. The molecule has 0 unspecified atom stereocenters. The first-order valence-electron chi connectivity index (χ1n) is 6.45. The number of nitrogens with zero attached hydrogens (tertiary/aromatic N) is 2. The summed E-state index contributed by atoms with van der Waals surface area (Å²) in [6.07, 6.45) is 3.11. The Morgan fingerprint density at radius 1 is 1.38 bits per heavy atom. The maximum absolute atomic E-state index is 12.5. The van der Waals surface area contributed by atoms with Crippen LogP contribution >= 0.6 is 0 Å². The van der Waals surface area contributed by atoms with Crippen LogP contribution in [0.5, 0.6) is 0 Å². The van der Waals surface area contributed by atoms with Crippen molar-refractivity contribution in [3.63, 3.8) is 0 Å². The molecule has 1 atom stereocenters. The van der Waals surface area contributed by atoms with Crippen LogP contribution < -0.4 is 5.14 Å². The van der Waals surface area contributed by atoms with E-state index in [-0.39, 0.29) is 10.6 Å². The molecule has 2 rings (SSSR count). The van der Waals surface area contributed by atoms with Gasteiger partial charge in [0, 0.05) is 19.8 Å². The Morgan fingerprint density at radius 3 is 2.57 bits per heavy atom. The normalized spacial score (nSPS) is 19.5. The number of sulfonamides is 1. The number of carboxylic acid groups (broad SMARTS) is 1. The van der Waals surface area contributed by atoms with Crippen LogP contribution in [0.15, 0.2) is 17.2 Å². The van der Waals surface area contributed by atoms with Gasteiger partial charge in [-0.1, -0.05) is 0 Å². The Bertz CT molecular complexity index is 679. The van der Waals surface area contributed by atoms with Crippen LogP contribution in [0.2, 0.25) is 0 Å². The summed E-state index contributed by atoms with van der Waals surface area (Å²) in [4.78, 5) is 24.8. The largest absolute Gasteiger partial charge is 0.480 e. The van der Waals surface area contributed by atoms with Gasteiger partial charge in [-0.05, 0) is 25.3 Å². The Balaban J connectivity index is 2.35. The van der Waals surface area contributed by atoms with Crippen molar-refractivity contribution in [2.24, 2.45) is 12.2 Å². The number of rotatable bonds is 3. The standard InChI is InChI=1S/C12H17N3O5S/c1-14-7-8(21(13,19)20)6-10(14)11(16)15-5-3-2-4-9(15)12(17)18/h6-7,9H,2-5H2,1H3,(H,17,18)(H2,13,19,20)/t9-/m1/s1. The molecule has 1 fully saturated rings. The number of hydrogen-bond acceptors (Lipinski definition) is 4.